The molecule has 1 saturated heterocycles. The predicted octanol–water partition coefficient (Wildman–Crippen LogP) is 4.00. The molecule has 0 radical (unpaired) electrons. The van der Waals surface area contributed by atoms with Gasteiger partial charge in [-0.3, -0.25) is 9.69 Å². The van der Waals surface area contributed by atoms with Gasteiger partial charge in [0.1, 0.15) is 12.4 Å². The van der Waals surface area contributed by atoms with E-state index in [1.54, 1.807) is 6.07 Å². The normalized spacial score (nSPS) is 18.1. The highest BCUT2D eigenvalue weighted by Crippen LogP contribution is 2.25. The van der Waals surface area contributed by atoms with Crippen LogP contribution in [0.25, 0.3) is 0 Å². The highest BCUT2D eigenvalue weighted by atomic mass is 16.5. The predicted molar refractivity (Wildman–Crippen MR) is 155 cm³/mol. The smallest absolute Gasteiger partial charge is 0.251 e. The molecule has 40 heavy (non-hydrogen) atoms. The number of hydrogen-bond donors (Lipinski definition) is 2. The molecule has 1 fully saturated rings. The molecule has 2 heterocycles. The van der Waals surface area contributed by atoms with E-state index >= 15 is 0 Å². The number of carbonyl (C=O) groups excluding carboxylic acids is 1. The first-order chi connectivity index (χ1) is 19.7. The summed E-state index contributed by atoms with van der Waals surface area (Å²) in [5.41, 5.74) is 5.01. The van der Waals surface area contributed by atoms with E-state index in [9.17, 15) is 9.90 Å². The van der Waals surface area contributed by atoms with Crippen molar-refractivity contribution in [1.82, 2.24) is 10.2 Å². The molecule has 0 aromatic heterocycles. The van der Waals surface area contributed by atoms with Crippen molar-refractivity contribution in [2.75, 3.05) is 46.2 Å². The summed E-state index contributed by atoms with van der Waals surface area (Å²) in [7, 11) is 0. The molecule has 7 nitrogen and oxygen atoms in total. The van der Waals surface area contributed by atoms with Crippen molar-refractivity contribution < 1.29 is 24.1 Å². The molecule has 1 amide bonds. The first-order valence-corrected chi connectivity index (χ1v) is 14.4. The maximum atomic E-state index is 13.2. The van der Waals surface area contributed by atoms with Crippen LogP contribution in [0.4, 0.5) is 0 Å². The summed E-state index contributed by atoms with van der Waals surface area (Å²) in [6.45, 7) is 4.85. The molecule has 2 aliphatic heterocycles. The van der Waals surface area contributed by atoms with Crippen LogP contribution in [0.3, 0.4) is 0 Å². The van der Waals surface area contributed by atoms with Crippen molar-refractivity contribution in [3.63, 3.8) is 0 Å². The lowest BCUT2D eigenvalue weighted by atomic mass is 9.99. The quantitative estimate of drug-likeness (QED) is 0.489. The monoisotopic (exact) mass is 544 g/mol. The fraction of sp³-hybridized carbons (Fsp3) is 0.424. The van der Waals surface area contributed by atoms with E-state index in [-0.39, 0.29) is 18.6 Å². The first-order valence-electron chi connectivity index (χ1n) is 14.4. The number of aliphatic hydroxyl groups is 1. The van der Waals surface area contributed by atoms with E-state index in [1.165, 1.54) is 11.1 Å². The summed E-state index contributed by atoms with van der Waals surface area (Å²) in [6.07, 6.45) is 3.30. The Bertz CT molecular complexity index is 1230. The van der Waals surface area contributed by atoms with Gasteiger partial charge in [0, 0.05) is 44.3 Å². The second-order valence-electron chi connectivity index (χ2n) is 10.6. The van der Waals surface area contributed by atoms with Crippen LogP contribution in [0, 0.1) is 0 Å². The number of nitrogens with zero attached hydrogens (tertiary/aromatic N) is 1. The number of carbonyl (C=O) groups is 1. The zero-order valence-corrected chi connectivity index (χ0v) is 23.1. The Morgan fingerprint density at radius 1 is 0.900 bits per heavy atom. The first kappa shape index (κ1) is 28.3. The van der Waals surface area contributed by atoms with Gasteiger partial charge in [-0.1, -0.05) is 54.6 Å². The van der Waals surface area contributed by atoms with E-state index < -0.39 is 0 Å². The topological polar surface area (TPSA) is 80.3 Å². The van der Waals surface area contributed by atoms with Gasteiger partial charge in [-0.05, 0) is 59.7 Å². The van der Waals surface area contributed by atoms with Crippen LogP contribution in [-0.2, 0) is 28.9 Å². The van der Waals surface area contributed by atoms with E-state index in [2.05, 4.69) is 34.5 Å². The summed E-state index contributed by atoms with van der Waals surface area (Å²) in [6, 6.07) is 24.3. The van der Waals surface area contributed by atoms with Crippen molar-refractivity contribution in [2.45, 2.75) is 44.3 Å². The lowest BCUT2D eigenvalue weighted by Gasteiger charge is -2.34. The van der Waals surface area contributed by atoms with Gasteiger partial charge >= 0.3 is 0 Å². The molecule has 2 N–H and O–H groups in total. The maximum Gasteiger partial charge on any atom is 0.251 e. The molecule has 3 aromatic carbocycles. The van der Waals surface area contributed by atoms with Crippen molar-refractivity contribution in [3.05, 3.63) is 101 Å². The molecule has 2 bridgehead atoms. The Hall–Kier alpha value is -3.23. The SMILES string of the molecule is O=C(N[C@H](CO)Cc1ccccc1)c1ccc2c(c1)Cc1cccc(c1)CN(C1CCOCC1)CCOCCO2. The lowest BCUT2D eigenvalue weighted by molar-refractivity contribution is 0.0133. The number of fused-ring (bicyclic) bond motifs is 3. The molecular formula is C33H40N2O5. The molecular weight excluding hydrogens is 504 g/mol. The number of rotatable bonds is 6. The minimum absolute atomic E-state index is 0.133. The van der Waals surface area contributed by atoms with Crippen LogP contribution < -0.4 is 10.1 Å². The molecule has 1 atom stereocenters. The molecule has 7 heteroatoms. The van der Waals surface area contributed by atoms with Gasteiger partial charge in [0.2, 0.25) is 0 Å². The summed E-state index contributed by atoms with van der Waals surface area (Å²) in [5.74, 6) is 0.552. The molecule has 5 rings (SSSR count). The van der Waals surface area contributed by atoms with E-state index in [0.717, 1.165) is 56.0 Å². The Morgan fingerprint density at radius 3 is 2.52 bits per heavy atom. The summed E-state index contributed by atoms with van der Waals surface area (Å²) < 4.78 is 17.7. The fourth-order valence-electron chi connectivity index (χ4n) is 5.56. The second kappa shape index (κ2) is 14.4. The third-order valence-electron chi connectivity index (χ3n) is 7.69. The number of benzene rings is 3. The van der Waals surface area contributed by atoms with Crippen molar-refractivity contribution in [3.8, 4) is 5.75 Å². The van der Waals surface area contributed by atoms with Gasteiger partial charge in [0.15, 0.2) is 0 Å². The Kier molecular flexibility index (Phi) is 10.2. The summed E-state index contributed by atoms with van der Waals surface area (Å²) in [4.78, 5) is 15.7. The van der Waals surface area contributed by atoms with Crippen LogP contribution >= 0.6 is 0 Å². The Labute approximate surface area is 237 Å². The number of ether oxygens (including phenoxy) is 3. The molecule has 0 aliphatic carbocycles. The van der Waals surface area contributed by atoms with Crippen molar-refractivity contribution in [1.29, 1.82) is 0 Å². The van der Waals surface area contributed by atoms with Gasteiger partial charge < -0.3 is 24.6 Å². The average molecular weight is 545 g/mol. The number of aliphatic hydroxyl groups excluding tert-OH is 1. The minimum Gasteiger partial charge on any atom is -0.491 e. The van der Waals surface area contributed by atoms with Crippen LogP contribution in [0.15, 0.2) is 72.8 Å². The zero-order chi connectivity index (χ0) is 27.6. The fourth-order valence-corrected chi connectivity index (χ4v) is 5.56. The van der Waals surface area contributed by atoms with Crippen molar-refractivity contribution in [2.24, 2.45) is 0 Å². The number of hydrogen-bond acceptors (Lipinski definition) is 6. The van der Waals surface area contributed by atoms with Crippen LogP contribution in [0.2, 0.25) is 0 Å². The zero-order valence-electron chi connectivity index (χ0n) is 23.1. The minimum atomic E-state index is -0.368. The average Bonchev–Trinajstić information content (AvgIpc) is 2.99. The van der Waals surface area contributed by atoms with Gasteiger partial charge in [0.25, 0.3) is 5.91 Å². The van der Waals surface area contributed by atoms with Crippen LogP contribution in [-0.4, -0.2) is 74.2 Å². The lowest BCUT2D eigenvalue weighted by Crippen LogP contribution is -2.41. The van der Waals surface area contributed by atoms with E-state index in [0.29, 0.717) is 44.3 Å². The Balaban J connectivity index is 1.34. The third-order valence-corrected chi connectivity index (χ3v) is 7.69. The number of amides is 1. The highest BCUT2D eigenvalue weighted by Gasteiger charge is 2.22. The third kappa shape index (κ3) is 7.92. The second-order valence-corrected chi connectivity index (χ2v) is 10.6. The largest absolute Gasteiger partial charge is 0.491 e. The highest BCUT2D eigenvalue weighted by molar-refractivity contribution is 5.94. The van der Waals surface area contributed by atoms with Gasteiger partial charge in [-0.25, -0.2) is 0 Å². The van der Waals surface area contributed by atoms with Gasteiger partial charge in [0.05, 0.1) is 25.9 Å². The van der Waals surface area contributed by atoms with E-state index in [1.807, 2.05) is 42.5 Å². The molecule has 212 valence electrons. The number of nitrogens with one attached hydrogen (secondary N) is 1. The summed E-state index contributed by atoms with van der Waals surface area (Å²) in [5, 5.41) is 12.9. The molecule has 0 saturated carbocycles. The maximum absolute atomic E-state index is 13.2. The molecule has 0 spiro atoms. The van der Waals surface area contributed by atoms with Gasteiger partial charge in [-0.2, -0.15) is 0 Å². The molecule has 3 aromatic rings. The molecule has 2 aliphatic rings. The Morgan fingerprint density at radius 2 is 1.70 bits per heavy atom. The van der Waals surface area contributed by atoms with Gasteiger partial charge in [-0.15, -0.1) is 0 Å². The van der Waals surface area contributed by atoms with Crippen LogP contribution in [0.1, 0.15) is 45.5 Å². The van der Waals surface area contributed by atoms with Crippen molar-refractivity contribution >= 4 is 5.91 Å². The standard InChI is InChI=1S/C33H40N2O5/c36-24-30(21-25-5-2-1-3-6-25)34-33(37)28-9-10-32-29(22-28)20-26-7-4-8-27(19-26)23-35(13-16-39-17-18-40-32)31-11-14-38-15-12-31/h1-10,19,22,30-31,36H,11-18,20-21,23-24H2,(H,34,37)/t30-/m0/s1. The van der Waals surface area contributed by atoms with Crippen LogP contribution in [0.5, 0.6) is 5.75 Å². The summed E-state index contributed by atoms with van der Waals surface area (Å²) >= 11 is 0. The van der Waals surface area contributed by atoms with E-state index in [4.69, 9.17) is 14.2 Å². The molecule has 0 unspecified atom stereocenters.